The number of rotatable bonds is 21. The maximum Gasteiger partial charge on any atom is 0.410 e. The zero-order valence-electron chi connectivity index (χ0n) is 73.1. The van der Waals surface area contributed by atoms with Gasteiger partial charge in [-0.1, -0.05) is 149 Å². The predicted molar refractivity (Wildman–Crippen MR) is 519 cm³/mol. The van der Waals surface area contributed by atoms with Gasteiger partial charge in [0.2, 0.25) is 0 Å². The molecule has 3 unspecified atom stereocenters. The van der Waals surface area contributed by atoms with E-state index in [4.69, 9.17) is 72.2 Å². The van der Waals surface area contributed by atoms with Crippen LogP contribution in [0.4, 0.5) is 4.79 Å². The van der Waals surface area contributed by atoms with Crippen LogP contribution in [0.5, 0.6) is 5.75 Å². The molecule has 1 saturated heterocycles. The molecule has 2 amide bonds. The number of hydrogen-bond acceptors (Lipinski definition) is 24. The highest BCUT2D eigenvalue weighted by Gasteiger charge is 2.39. The fourth-order valence-electron chi connectivity index (χ4n) is 15.2. The first-order valence-corrected chi connectivity index (χ1v) is 50.7. The van der Waals surface area contributed by atoms with E-state index in [1.807, 2.05) is 20.8 Å². The topological polar surface area (TPSA) is 403 Å². The maximum absolute atomic E-state index is 13.9. The fraction of sp³-hybridized carbons (Fsp3) is 0.189. The van der Waals surface area contributed by atoms with Crippen LogP contribution < -0.4 is 4.74 Å². The summed E-state index contributed by atoms with van der Waals surface area (Å²) in [5.74, 6) is 0.301. The Morgan fingerprint density at radius 1 is 0.441 bits per heavy atom. The number of aliphatic hydroxyl groups excluding tert-OH is 2. The third-order valence-electron chi connectivity index (χ3n) is 21.2. The monoisotopic (exact) mass is 2030 g/mol. The first kappa shape index (κ1) is 99.3. The van der Waals surface area contributed by atoms with Crippen molar-refractivity contribution in [2.24, 2.45) is 0 Å². The Morgan fingerprint density at radius 3 is 1.16 bits per heavy atom. The normalized spacial score (nSPS) is 14.0. The minimum Gasteiger partial charge on any atom is -0.504 e. The van der Waals surface area contributed by atoms with Crippen LogP contribution in [0, 0.1) is 0 Å². The number of carbonyl (C=O) groups excluding carboxylic acids is 4. The standard InChI is InChI=1S/C34H37ClN4O7S.C16H13ClN2O3S.C16H15ClN2O3S.C15H11ClN2O3S.C14H9ClN2O3S/c1-21(40)16-24-20-28-26(10-11-36-31(28)39(24)47(43,44)25-8-6-5-7-9-25)27-19-23(35)17-22-18-29(45-30(22)27)32(41)37-12-14-38(15-13-37)33(42)46-34(2,3)4;1-22-10-8-12-11-14-15(17)7-9-18-16(14)19(12)23(20,21)13-5-3-2-4-6-13;1-11(20)9-12-10-14-15(17)7-8-18-16(14)19(12)23(21,22)13-5-3-2-4-6-13;16-14-6-8-17-15-13(14)10-11(7-9-19)18(15)22(20,21)12-4-2-1-3-5-12;15-13-6-7-16-14-12(13)8-10(9-18)17(14)21(19,20)11-4-2-1-3-5-11/h5-11,17,19-21,29,40H,12-16,18H2,1-4H3;2-11H,1H3;2-8,10-11,20H,9H2,1H3;1-6,8-10H,7H2;1-9H/b;10-8+;;;. The first-order chi connectivity index (χ1) is 64.8. The van der Waals surface area contributed by atoms with E-state index in [1.165, 1.54) is 125 Å². The zero-order chi connectivity index (χ0) is 97.5. The second-order valence-electron chi connectivity index (χ2n) is 31.9. The van der Waals surface area contributed by atoms with Gasteiger partial charge in [-0.2, -0.15) is 0 Å². The molecule has 6 aromatic carbocycles. The molecule has 16 aromatic rings. The molecule has 3 atom stereocenters. The average Bonchev–Trinajstić information content (AvgIpc) is 1.58. The first-order valence-electron chi connectivity index (χ1n) is 41.6. The van der Waals surface area contributed by atoms with Crippen molar-refractivity contribution in [2.45, 2.75) is 109 Å². The molecule has 12 heterocycles. The Morgan fingerprint density at radius 2 is 0.779 bits per heavy atom. The van der Waals surface area contributed by atoms with Crippen LogP contribution in [0.1, 0.15) is 73.4 Å². The molecule has 41 heteroatoms. The third-order valence-corrected chi connectivity index (χ3v) is 31.4. The van der Waals surface area contributed by atoms with Gasteiger partial charge in [0.15, 0.2) is 40.6 Å². The van der Waals surface area contributed by atoms with Gasteiger partial charge in [0, 0.05) is 143 Å². The number of methoxy groups -OCH3 is 1. The van der Waals surface area contributed by atoms with Gasteiger partial charge in [-0.05, 0) is 180 Å². The summed E-state index contributed by atoms with van der Waals surface area (Å²) in [7, 11) is -18.0. The summed E-state index contributed by atoms with van der Waals surface area (Å²) in [6.07, 6.45) is 9.19. The van der Waals surface area contributed by atoms with E-state index < -0.39 is 80.1 Å². The van der Waals surface area contributed by atoms with Crippen molar-refractivity contribution < 1.29 is 85.7 Å². The molecule has 18 rings (SSSR count). The number of ether oxygens (including phenoxy) is 3. The molecule has 1 fully saturated rings. The molecular formula is C95H85Cl5N12O19S5. The lowest BCUT2D eigenvalue weighted by Crippen LogP contribution is -2.54. The molecule has 0 spiro atoms. The minimum absolute atomic E-state index is 0.0190. The summed E-state index contributed by atoms with van der Waals surface area (Å²) >= 11 is 31.1. The lowest BCUT2D eigenvalue weighted by molar-refractivity contribution is -0.139. The molecule has 2 aliphatic heterocycles. The highest BCUT2D eigenvalue weighted by atomic mass is 35.5. The number of aliphatic hydroxyl groups is 2. The molecule has 2 aliphatic rings. The van der Waals surface area contributed by atoms with E-state index in [0.717, 1.165) is 17.5 Å². The average molecular weight is 2040 g/mol. The van der Waals surface area contributed by atoms with Crippen molar-refractivity contribution >= 4 is 194 Å². The Kier molecular flexibility index (Phi) is 30.3. The number of nitrogens with zero attached hydrogens (tertiary/aromatic N) is 12. The van der Waals surface area contributed by atoms with Gasteiger partial charge in [-0.25, -0.2) is 91.7 Å². The van der Waals surface area contributed by atoms with E-state index in [0.29, 0.717) is 137 Å². The van der Waals surface area contributed by atoms with Crippen molar-refractivity contribution in [3.05, 3.63) is 321 Å². The van der Waals surface area contributed by atoms with Gasteiger partial charge in [-0.15, -0.1) is 0 Å². The summed E-state index contributed by atoms with van der Waals surface area (Å²) in [4.78, 5) is 73.2. The molecule has 0 bridgehead atoms. The second kappa shape index (κ2) is 41.5. The van der Waals surface area contributed by atoms with Crippen LogP contribution in [-0.4, -0.2) is 189 Å². The molecule has 704 valence electrons. The van der Waals surface area contributed by atoms with Gasteiger partial charge < -0.3 is 39.0 Å². The molecule has 136 heavy (non-hydrogen) atoms. The summed E-state index contributed by atoms with van der Waals surface area (Å²) < 4.78 is 153. The number of aldehydes is 2. The quantitative estimate of drug-likeness (QED) is 0.0498. The molecule has 31 nitrogen and oxygen atoms in total. The molecule has 2 N–H and O–H groups in total. The largest absolute Gasteiger partial charge is 0.504 e. The van der Waals surface area contributed by atoms with Crippen molar-refractivity contribution in [3.63, 3.8) is 0 Å². The summed E-state index contributed by atoms with van der Waals surface area (Å²) in [5, 5.41) is 24.6. The van der Waals surface area contributed by atoms with Gasteiger partial charge in [-0.3, -0.25) is 9.59 Å². The lowest BCUT2D eigenvalue weighted by atomic mass is 9.99. The van der Waals surface area contributed by atoms with Crippen molar-refractivity contribution in [1.82, 2.24) is 54.6 Å². The number of piperazine rings is 1. The number of aromatic nitrogens is 10. The van der Waals surface area contributed by atoms with Crippen LogP contribution in [0.2, 0.25) is 25.1 Å². The third kappa shape index (κ3) is 21.0. The van der Waals surface area contributed by atoms with E-state index in [2.05, 4.69) is 24.9 Å². The number of pyridine rings is 5. The summed E-state index contributed by atoms with van der Waals surface area (Å²) in [6.45, 7) is 10.0. The van der Waals surface area contributed by atoms with Gasteiger partial charge in [0.05, 0.1) is 81.5 Å². The predicted octanol–water partition coefficient (Wildman–Crippen LogP) is 16.7. The highest BCUT2D eigenvalue weighted by molar-refractivity contribution is 7.91. The second-order valence-corrected chi connectivity index (χ2v) is 42.9. The Labute approximate surface area is 807 Å². The molecular weight excluding hydrogens is 1950 g/mol. The number of carbonyl (C=O) groups is 4. The van der Waals surface area contributed by atoms with E-state index >= 15 is 0 Å². The van der Waals surface area contributed by atoms with E-state index in [-0.39, 0.29) is 83.6 Å². The van der Waals surface area contributed by atoms with Crippen molar-refractivity contribution in [1.29, 1.82) is 0 Å². The van der Waals surface area contributed by atoms with Crippen LogP contribution in [0.25, 0.3) is 72.4 Å². The SMILES string of the molecule is CC(O)Cc1cc2c(-c3cc(Cl)cc4c3OC(C(=O)N3CCN(C(=O)OC(C)(C)C)CC3)C4)ccnc2n1S(=O)(=O)c1ccccc1.CC(O)Cc1cc2c(Cl)ccnc2n1S(=O)(=O)c1ccccc1.CO/C=C/c1cc2c(Cl)ccnc2n1S(=O)(=O)c1ccccc1.O=CCc1cc2c(Cl)ccnc2n1S(=O)(=O)c1ccccc1.O=Cc1cc2c(Cl)ccnc2n1S(=O)(=O)c1ccccc1. The Hall–Kier alpha value is -12.7. The molecule has 0 aliphatic carbocycles. The number of fused-ring (bicyclic) bond motifs is 6. The van der Waals surface area contributed by atoms with Gasteiger partial charge in [0.25, 0.3) is 56.0 Å². The molecule has 0 saturated carbocycles. The van der Waals surface area contributed by atoms with Crippen LogP contribution in [-0.2, 0) is 94.9 Å². The number of amides is 2. The zero-order valence-corrected chi connectivity index (χ0v) is 80.9. The van der Waals surface area contributed by atoms with Gasteiger partial charge >= 0.3 is 6.09 Å². The minimum atomic E-state index is -4.06. The molecule has 10 aromatic heterocycles. The van der Waals surface area contributed by atoms with Crippen LogP contribution in [0.15, 0.2) is 286 Å². The Bertz CT molecular complexity index is 7860. The lowest BCUT2D eigenvalue weighted by Gasteiger charge is -2.36. The number of halogens is 5. The summed E-state index contributed by atoms with van der Waals surface area (Å²) in [5.41, 5.74) is 3.99. The van der Waals surface area contributed by atoms with E-state index in [9.17, 15) is 71.5 Å². The van der Waals surface area contributed by atoms with Crippen molar-refractivity contribution in [3.8, 4) is 16.9 Å². The number of benzene rings is 6. The highest BCUT2D eigenvalue weighted by Crippen LogP contribution is 2.45. The fourth-order valence-corrected chi connectivity index (χ4v) is 23.8. The molecule has 0 radical (unpaired) electrons. The Balaban J connectivity index is 0.000000143. The van der Waals surface area contributed by atoms with Gasteiger partial charge in [0.1, 0.15) is 17.6 Å². The van der Waals surface area contributed by atoms with Crippen molar-refractivity contribution in [2.75, 3.05) is 33.3 Å². The summed E-state index contributed by atoms with van der Waals surface area (Å²) in [6, 6.07) is 59.9. The smallest absolute Gasteiger partial charge is 0.410 e. The van der Waals surface area contributed by atoms with Crippen LogP contribution in [0.3, 0.4) is 0 Å². The maximum atomic E-state index is 13.9. The van der Waals surface area contributed by atoms with E-state index in [1.54, 1.807) is 181 Å². The number of hydrogen-bond donors (Lipinski definition) is 2. The van der Waals surface area contributed by atoms with Crippen LogP contribution >= 0.6 is 58.0 Å².